The van der Waals surface area contributed by atoms with E-state index in [0.717, 1.165) is 0 Å². The Balaban J connectivity index is 1.95. The first-order chi connectivity index (χ1) is 11.3. The van der Waals surface area contributed by atoms with E-state index < -0.39 is 29.5 Å². The molecule has 126 valence electrons. The highest BCUT2D eigenvalue weighted by molar-refractivity contribution is 6.30. The molecule has 0 unspecified atom stereocenters. The van der Waals surface area contributed by atoms with Crippen molar-refractivity contribution in [2.24, 2.45) is 0 Å². The Bertz CT molecular complexity index is 776. The topological polar surface area (TPSA) is 58.6 Å². The standard InChI is InChI=1S/C18H17ClFNO3/c1-18(2)16(22)15(13-9-11(19)5-8-14(13)24-18)21-17(23)10-3-6-12(20)7-4-10/h3-9,15-16,22H,1-2H3,(H,21,23)/t15-,16+/m0/s1. The summed E-state index contributed by atoms with van der Waals surface area (Å²) in [6.07, 6.45) is -0.979. The molecule has 0 saturated heterocycles. The van der Waals surface area contributed by atoms with Gasteiger partial charge in [0.1, 0.15) is 23.3 Å². The van der Waals surface area contributed by atoms with Crippen LogP contribution in [-0.2, 0) is 0 Å². The molecule has 0 bridgehead atoms. The van der Waals surface area contributed by atoms with Crippen LogP contribution >= 0.6 is 11.6 Å². The van der Waals surface area contributed by atoms with Crippen molar-refractivity contribution in [3.05, 3.63) is 64.4 Å². The van der Waals surface area contributed by atoms with Crippen molar-refractivity contribution in [2.45, 2.75) is 31.6 Å². The predicted molar refractivity (Wildman–Crippen MR) is 88.8 cm³/mol. The maximum absolute atomic E-state index is 13.0. The molecule has 1 heterocycles. The number of aliphatic hydroxyl groups is 1. The number of fused-ring (bicyclic) bond motifs is 1. The fourth-order valence-electron chi connectivity index (χ4n) is 2.75. The molecule has 3 rings (SSSR count). The summed E-state index contributed by atoms with van der Waals surface area (Å²) in [7, 11) is 0. The molecule has 0 fully saturated rings. The van der Waals surface area contributed by atoms with E-state index in [1.54, 1.807) is 32.0 Å². The van der Waals surface area contributed by atoms with Crippen LogP contribution in [-0.4, -0.2) is 22.7 Å². The smallest absolute Gasteiger partial charge is 0.251 e. The van der Waals surface area contributed by atoms with Gasteiger partial charge >= 0.3 is 0 Å². The van der Waals surface area contributed by atoms with Gasteiger partial charge in [-0.1, -0.05) is 11.6 Å². The molecule has 6 heteroatoms. The summed E-state index contributed by atoms with van der Waals surface area (Å²) in [6.45, 7) is 3.48. The van der Waals surface area contributed by atoms with Gasteiger partial charge in [0.25, 0.3) is 5.91 Å². The summed E-state index contributed by atoms with van der Waals surface area (Å²) in [4.78, 5) is 12.5. The van der Waals surface area contributed by atoms with E-state index in [1.165, 1.54) is 24.3 Å². The molecular formula is C18H17ClFNO3. The second-order valence-corrected chi connectivity index (χ2v) is 6.73. The van der Waals surface area contributed by atoms with Crippen LogP contribution in [0.3, 0.4) is 0 Å². The molecule has 2 aromatic carbocycles. The highest BCUT2D eigenvalue weighted by Crippen LogP contribution is 2.41. The summed E-state index contributed by atoms with van der Waals surface area (Å²) in [5.41, 5.74) is 0.0166. The van der Waals surface area contributed by atoms with Crippen molar-refractivity contribution >= 4 is 17.5 Å². The Morgan fingerprint density at radius 2 is 1.92 bits per heavy atom. The highest BCUT2D eigenvalue weighted by atomic mass is 35.5. The summed E-state index contributed by atoms with van der Waals surface area (Å²) in [6, 6.07) is 9.56. The fraction of sp³-hybridized carbons (Fsp3) is 0.278. The third kappa shape index (κ3) is 3.09. The molecule has 2 atom stereocenters. The van der Waals surface area contributed by atoms with Crippen molar-refractivity contribution in [3.8, 4) is 5.75 Å². The maximum atomic E-state index is 13.0. The van der Waals surface area contributed by atoms with E-state index in [-0.39, 0.29) is 0 Å². The van der Waals surface area contributed by atoms with E-state index in [0.29, 0.717) is 21.9 Å². The Morgan fingerprint density at radius 1 is 1.25 bits per heavy atom. The van der Waals surface area contributed by atoms with Crippen LogP contribution in [0.5, 0.6) is 5.75 Å². The second kappa shape index (κ2) is 6.07. The van der Waals surface area contributed by atoms with Gasteiger partial charge in [0.15, 0.2) is 0 Å². The molecule has 2 aromatic rings. The Morgan fingerprint density at radius 3 is 2.58 bits per heavy atom. The minimum atomic E-state index is -0.979. The van der Waals surface area contributed by atoms with Crippen LogP contribution < -0.4 is 10.1 Å². The lowest BCUT2D eigenvalue weighted by atomic mass is 9.86. The minimum Gasteiger partial charge on any atom is -0.485 e. The monoisotopic (exact) mass is 349 g/mol. The summed E-state index contributed by atoms with van der Waals surface area (Å²) < 4.78 is 18.8. The average Bonchev–Trinajstić information content (AvgIpc) is 2.53. The van der Waals surface area contributed by atoms with E-state index in [9.17, 15) is 14.3 Å². The van der Waals surface area contributed by atoms with Crippen LogP contribution in [0.4, 0.5) is 4.39 Å². The van der Waals surface area contributed by atoms with Gasteiger partial charge < -0.3 is 15.2 Å². The number of hydrogen-bond donors (Lipinski definition) is 2. The molecular weight excluding hydrogens is 333 g/mol. The lowest BCUT2D eigenvalue weighted by Gasteiger charge is -2.42. The number of ether oxygens (including phenoxy) is 1. The summed E-state index contributed by atoms with van der Waals surface area (Å²) in [5.74, 6) is -0.280. The van der Waals surface area contributed by atoms with Crippen LogP contribution in [0, 0.1) is 5.82 Å². The first-order valence-corrected chi connectivity index (χ1v) is 7.89. The molecule has 1 aliphatic rings. The first-order valence-electron chi connectivity index (χ1n) is 7.51. The van der Waals surface area contributed by atoms with Gasteiger partial charge in [-0.25, -0.2) is 4.39 Å². The van der Waals surface area contributed by atoms with Gasteiger partial charge in [0, 0.05) is 16.1 Å². The van der Waals surface area contributed by atoms with Crippen LogP contribution in [0.15, 0.2) is 42.5 Å². The lowest BCUT2D eigenvalue weighted by Crippen LogP contribution is -2.53. The number of halogens is 2. The molecule has 0 saturated carbocycles. The fourth-order valence-corrected chi connectivity index (χ4v) is 2.93. The van der Waals surface area contributed by atoms with Gasteiger partial charge in [-0.2, -0.15) is 0 Å². The Labute approximate surface area is 144 Å². The predicted octanol–water partition coefficient (Wildman–Crippen LogP) is 3.48. The average molecular weight is 350 g/mol. The quantitative estimate of drug-likeness (QED) is 0.872. The summed E-state index contributed by atoms with van der Waals surface area (Å²) in [5, 5.41) is 13.9. The molecule has 1 amide bonds. The maximum Gasteiger partial charge on any atom is 0.251 e. The van der Waals surface area contributed by atoms with Crippen molar-refractivity contribution in [3.63, 3.8) is 0 Å². The third-order valence-electron chi connectivity index (χ3n) is 4.10. The SMILES string of the molecule is CC1(C)Oc2ccc(Cl)cc2[C@H](NC(=O)c2ccc(F)cc2)[C@H]1O. The van der Waals surface area contributed by atoms with Gasteiger partial charge in [0.05, 0.1) is 6.04 Å². The zero-order chi connectivity index (χ0) is 17.5. The largest absolute Gasteiger partial charge is 0.485 e. The van der Waals surface area contributed by atoms with Crippen molar-refractivity contribution in [1.82, 2.24) is 5.32 Å². The number of nitrogens with one attached hydrogen (secondary N) is 1. The number of rotatable bonds is 2. The molecule has 0 aromatic heterocycles. The number of carbonyl (C=O) groups excluding carboxylic acids is 1. The summed E-state index contributed by atoms with van der Waals surface area (Å²) >= 11 is 6.04. The highest BCUT2D eigenvalue weighted by Gasteiger charge is 2.43. The number of aliphatic hydroxyl groups excluding tert-OH is 1. The molecule has 0 spiro atoms. The van der Waals surface area contributed by atoms with Crippen LogP contribution in [0.2, 0.25) is 5.02 Å². The van der Waals surface area contributed by atoms with Gasteiger partial charge in [-0.05, 0) is 56.3 Å². The van der Waals surface area contributed by atoms with E-state index in [1.807, 2.05) is 0 Å². The molecule has 1 aliphatic heterocycles. The molecule has 0 radical (unpaired) electrons. The Hall–Kier alpha value is -2.11. The first kappa shape index (κ1) is 16.7. The van der Waals surface area contributed by atoms with Gasteiger partial charge in [-0.15, -0.1) is 0 Å². The zero-order valence-corrected chi connectivity index (χ0v) is 14.0. The molecule has 4 nitrogen and oxygen atoms in total. The van der Waals surface area contributed by atoms with Crippen molar-refractivity contribution in [2.75, 3.05) is 0 Å². The van der Waals surface area contributed by atoms with Crippen LogP contribution in [0.1, 0.15) is 35.8 Å². The van der Waals surface area contributed by atoms with Crippen molar-refractivity contribution in [1.29, 1.82) is 0 Å². The lowest BCUT2D eigenvalue weighted by molar-refractivity contribution is -0.0627. The van der Waals surface area contributed by atoms with Gasteiger partial charge in [-0.3, -0.25) is 4.79 Å². The zero-order valence-electron chi connectivity index (χ0n) is 13.2. The van der Waals surface area contributed by atoms with E-state index in [2.05, 4.69) is 5.32 Å². The normalized spacial score (nSPS) is 21.5. The molecule has 24 heavy (non-hydrogen) atoms. The third-order valence-corrected chi connectivity index (χ3v) is 4.34. The number of hydrogen-bond acceptors (Lipinski definition) is 3. The van der Waals surface area contributed by atoms with Crippen LogP contribution in [0.25, 0.3) is 0 Å². The molecule has 0 aliphatic carbocycles. The van der Waals surface area contributed by atoms with Gasteiger partial charge in [0.2, 0.25) is 0 Å². The Kier molecular flexibility index (Phi) is 4.24. The number of carbonyl (C=O) groups is 1. The number of amides is 1. The second-order valence-electron chi connectivity index (χ2n) is 6.29. The molecule has 2 N–H and O–H groups in total. The van der Waals surface area contributed by atoms with E-state index in [4.69, 9.17) is 16.3 Å². The number of benzene rings is 2. The minimum absolute atomic E-state index is 0.302. The van der Waals surface area contributed by atoms with E-state index >= 15 is 0 Å². The van der Waals surface area contributed by atoms with Crippen molar-refractivity contribution < 1.29 is 19.0 Å².